The molecule has 1 atom stereocenters. The van der Waals surface area contributed by atoms with Crippen molar-refractivity contribution in [3.8, 4) is 5.75 Å². The molecule has 1 amide bonds. The largest absolute Gasteiger partial charge is 0.483 e. The van der Waals surface area contributed by atoms with Crippen molar-refractivity contribution in [3.63, 3.8) is 0 Å². The van der Waals surface area contributed by atoms with Gasteiger partial charge in [-0.05, 0) is 31.5 Å². The van der Waals surface area contributed by atoms with Crippen LogP contribution in [0.3, 0.4) is 0 Å². The fraction of sp³-hybridized carbons (Fsp3) is 0.462. The number of hydrogen-bond acceptors (Lipinski definition) is 3. The molecule has 100 valence electrons. The number of halogens is 1. The third-order valence-corrected chi connectivity index (χ3v) is 2.83. The van der Waals surface area contributed by atoms with E-state index < -0.39 is 0 Å². The molecule has 1 rings (SSSR count). The third kappa shape index (κ3) is 5.06. The van der Waals surface area contributed by atoms with E-state index in [0.717, 1.165) is 10.0 Å². The number of carbonyl (C=O) groups excluding carboxylic acids is 1. The van der Waals surface area contributed by atoms with E-state index in [9.17, 15) is 4.79 Å². The van der Waals surface area contributed by atoms with Crippen LogP contribution in [-0.2, 0) is 9.53 Å². The van der Waals surface area contributed by atoms with Gasteiger partial charge in [0.15, 0.2) is 6.61 Å². The van der Waals surface area contributed by atoms with Crippen LogP contribution in [0.25, 0.3) is 0 Å². The van der Waals surface area contributed by atoms with Crippen LogP contribution in [0.1, 0.15) is 12.5 Å². The Morgan fingerprint density at radius 1 is 1.50 bits per heavy atom. The van der Waals surface area contributed by atoms with Crippen LogP contribution >= 0.6 is 15.9 Å². The van der Waals surface area contributed by atoms with Gasteiger partial charge in [-0.25, -0.2) is 0 Å². The number of hydrogen-bond donors (Lipinski definition) is 1. The van der Waals surface area contributed by atoms with Crippen LogP contribution < -0.4 is 10.1 Å². The zero-order valence-corrected chi connectivity index (χ0v) is 12.4. The molecule has 0 saturated carbocycles. The molecule has 1 N–H and O–H groups in total. The van der Waals surface area contributed by atoms with Gasteiger partial charge in [-0.15, -0.1) is 0 Å². The molecule has 0 aliphatic carbocycles. The molecule has 4 nitrogen and oxygen atoms in total. The molecule has 0 heterocycles. The first-order valence-electron chi connectivity index (χ1n) is 5.70. The monoisotopic (exact) mass is 315 g/mol. The molecule has 1 unspecified atom stereocenters. The SMILES string of the molecule is COCC(C)NC(=O)COc1cc(Br)ccc1C. The summed E-state index contributed by atoms with van der Waals surface area (Å²) in [6.45, 7) is 4.31. The van der Waals surface area contributed by atoms with E-state index >= 15 is 0 Å². The van der Waals surface area contributed by atoms with Crippen molar-refractivity contribution in [1.29, 1.82) is 0 Å². The van der Waals surface area contributed by atoms with Gasteiger partial charge in [0.25, 0.3) is 5.91 Å². The fourth-order valence-electron chi connectivity index (χ4n) is 1.48. The average Bonchev–Trinajstić information content (AvgIpc) is 2.30. The van der Waals surface area contributed by atoms with Gasteiger partial charge in [-0.1, -0.05) is 22.0 Å². The highest BCUT2D eigenvalue weighted by molar-refractivity contribution is 9.10. The minimum absolute atomic E-state index is 0.00531. The van der Waals surface area contributed by atoms with Crippen LogP contribution in [0.5, 0.6) is 5.75 Å². The molecule has 0 saturated heterocycles. The Morgan fingerprint density at radius 2 is 2.22 bits per heavy atom. The Morgan fingerprint density at radius 3 is 2.89 bits per heavy atom. The minimum Gasteiger partial charge on any atom is -0.483 e. The second-order valence-electron chi connectivity index (χ2n) is 4.12. The number of carbonyl (C=O) groups is 1. The van der Waals surface area contributed by atoms with Gasteiger partial charge in [0.05, 0.1) is 6.61 Å². The third-order valence-electron chi connectivity index (χ3n) is 2.33. The molecule has 0 aliphatic heterocycles. The van der Waals surface area contributed by atoms with E-state index in [2.05, 4.69) is 21.2 Å². The molecule has 1 aromatic rings. The standard InChI is InChI=1S/C13H18BrNO3/c1-9-4-5-11(14)6-12(9)18-8-13(16)15-10(2)7-17-3/h4-6,10H,7-8H2,1-3H3,(H,15,16). The lowest BCUT2D eigenvalue weighted by atomic mass is 10.2. The minimum atomic E-state index is -0.154. The van der Waals surface area contributed by atoms with E-state index in [1.165, 1.54) is 0 Å². The van der Waals surface area contributed by atoms with E-state index in [1.54, 1.807) is 7.11 Å². The second-order valence-corrected chi connectivity index (χ2v) is 5.04. The maximum atomic E-state index is 11.6. The van der Waals surface area contributed by atoms with E-state index in [4.69, 9.17) is 9.47 Å². The first-order valence-corrected chi connectivity index (χ1v) is 6.49. The normalized spacial score (nSPS) is 12.0. The first kappa shape index (κ1) is 15.0. The van der Waals surface area contributed by atoms with Gasteiger partial charge in [0.1, 0.15) is 5.75 Å². The van der Waals surface area contributed by atoms with Crippen molar-refractivity contribution in [2.75, 3.05) is 20.3 Å². The number of amides is 1. The average molecular weight is 316 g/mol. The molecule has 1 aromatic carbocycles. The van der Waals surface area contributed by atoms with Crippen molar-refractivity contribution in [3.05, 3.63) is 28.2 Å². The summed E-state index contributed by atoms with van der Waals surface area (Å²) in [4.78, 5) is 11.6. The number of aryl methyl sites for hydroxylation is 1. The van der Waals surface area contributed by atoms with Crippen LogP contribution in [0, 0.1) is 6.92 Å². The van der Waals surface area contributed by atoms with Crippen molar-refractivity contribution in [2.45, 2.75) is 19.9 Å². The lowest BCUT2D eigenvalue weighted by molar-refractivity contribution is -0.124. The highest BCUT2D eigenvalue weighted by atomic mass is 79.9. The summed E-state index contributed by atoms with van der Waals surface area (Å²) in [5, 5.41) is 2.78. The van der Waals surface area contributed by atoms with E-state index in [1.807, 2.05) is 32.0 Å². The number of rotatable bonds is 6. The van der Waals surface area contributed by atoms with Crippen molar-refractivity contribution >= 4 is 21.8 Å². The molecule has 0 fully saturated rings. The Hall–Kier alpha value is -1.07. The maximum Gasteiger partial charge on any atom is 0.258 e. The van der Waals surface area contributed by atoms with Crippen molar-refractivity contribution in [1.82, 2.24) is 5.32 Å². The van der Waals surface area contributed by atoms with Gasteiger partial charge in [0.2, 0.25) is 0 Å². The number of benzene rings is 1. The zero-order chi connectivity index (χ0) is 13.5. The van der Waals surface area contributed by atoms with Crippen LogP contribution in [0.2, 0.25) is 0 Å². The lowest BCUT2D eigenvalue weighted by Gasteiger charge is -2.14. The summed E-state index contributed by atoms with van der Waals surface area (Å²) in [7, 11) is 1.60. The molecule has 0 bridgehead atoms. The van der Waals surface area contributed by atoms with Gasteiger partial charge in [-0.2, -0.15) is 0 Å². The Balaban J connectivity index is 2.45. The Bertz CT molecular complexity index is 409. The van der Waals surface area contributed by atoms with Crippen LogP contribution in [0.15, 0.2) is 22.7 Å². The summed E-state index contributed by atoms with van der Waals surface area (Å²) < 4.78 is 11.3. The number of nitrogens with one attached hydrogen (secondary N) is 1. The quantitative estimate of drug-likeness (QED) is 0.876. The molecule has 0 aromatic heterocycles. The smallest absolute Gasteiger partial charge is 0.258 e. The highest BCUT2D eigenvalue weighted by Crippen LogP contribution is 2.22. The summed E-state index contributed by atoms with van der Waals surface area (Å²) in [5.74, 6) is 0.554. The van der Waals surface area contributed by atoms with Crippen molar-refractivity contribution in [2.24, 2.45) is 0 Å². The topological polar surface area (TPSA) is 47.6 Å². The summed E-state index contributed by atoms with van der Waals surface area (Å²) in [5.41, 5.74) is 0.996. The molecular formula is C13H18BrNO3. The molecule has 0 aliphatic rings. The number of ether oxygens (including phenoxy) is 2. The molecule has 0 radical (unpaired) electrons. The maximum absolute atomic E-state index is 11.6. The predicted molar refractivity (Wildman–Crippen MR) is 73.9 cm³/mol. The summed E-state index contributed by atoms with van der Waals surface area (Å²) in [6, 6.07) is 5.70. The van der Waals surface area contributed by atoms with Gasteiger partial charge < -0.3 is 14.8 Å². The van der Waals surface area contributed by atoms with Gasteiger partial charge >= 0.3 is 0 Å². The number of methoxy groups -OCH3 is 1. The van der Waals surface area contributed by atoms with Gasteiger partial charge in [0, 0.05) is 17.6 Å². The molecule has 0 spiro atoms. The van der Waals surface area contributed by atoms with E-state index in [-0.39, 0.29) is 18.6 Å². The van der Waals surface area contributed by atoms with Gasteiger partial charge in [-0.3, -0.25) is 4.79 Å². The highest BCUT2D eigenvalue weighted by Gasteiger charge is 2.08. The Kier molecular flexibility index (Phi) is 6.15. The predicted octanol–water partition coefficient (Wildman–Crippen LogP) is 2.29. The lowest BCUT2D eigenvalue weighted by Crippen LogP contribution is -2.38. The fourth-order valence-corrected chi connectivity index (χ4v) is 1.82. The molecular weight excluding hydrogens is 298 g/mol. The second kappa shape index (κ2) is 7.38. The molecule has 5 heteroatoms. The van der Waals surface area contributed by atoms with Crippen molar-refractivity contribution < 1.29 is 14.3 Å². The van der Waals surface area contributed by atoms with Crippen LogP contribution in [-0.4, -0.2) is 32.3 Å². The summed E-state index contributed by atoms with van der Waals surface area (Å²) in [6.07, 6.45) is 0. The van der Waals surface area contributed by atoms with E-state index in [0.29, 0.717) is 12.4 Å². The summed E-state index contributed by atoms with van der Waals surface area (Å²) >= 11 is 3.37. The Labute approximate surface area is 116 Å². The van der Waals surface area contributed by atoms with Crippen LogP contribution in [0.4, 0.5) is 0 Å². The molecule has 18 heavy (non-hydrogen) atoms. The first-order chi connectivity index (χ1) is 8.52. The zero-order valence-electron chi connectivity index (χ0n) is 10.8.